The van der Waals surface area contributed by atoms with E-state index in [4.69, 9.17) is 21.1 Å². The lowest BCUT2D eigenvalue weighted by atomic mass is 10.1. The van der Waals surface area contributed by atoms with Crippen LogP contribution in [-0.4, -0.2) is 23.9 Å². The Morgan fingerprint density at radius 3 is 2.53 bits per heavy atom. The number of carbonyl (C=O) groups excluding carboxylic acids is 2. The molecule has 1 saturated heterocycles. The SMILES string of the molecule is COc1cc(/C=C2/NC(=O)N(Cc3ccccc3F)C2=O)cc(Cl)c1OCc1ccc(C)cc1. The number of amides is 3. The molecule has 174 valence electrons. The molecular formula is C26H22ClFN2O4. The van der Waals surface area contributed by atoms with Gasteiger partial charge in [0.1, 0.15) is 18.1 Å². The zero-order valence-corrected chi connectivity index (χ0v) is 19.4. The minimum atomic E-state index is -0.629. The van der Waals surface area contributed by atoms with E-state index in [9.17, 15) is 14.0 Å². The standard InChI is InChI=1S/C26H22ClFN2O4/c1-16-7-9-17(10-8-16)15-34-24-20(27)11-18(13-23(24)33-2)12-22-25(31)30(26(32)29-22)14-19-5-3-4-6-21(19)28/h3-13H,14-15H2,1-2H3,(H,29,32)/b22-12+. The zero-order chi connectivity index (χ0) is 24.2. The second kappa shape index (κ2) is 9.97. The molecule has 0 bridgehead atoms. The Kier molecular flexibility index (Phi) is 6.84. The number of nitrogens with zero attached hydrogens (tertiary/aromatic N) is 1. The monoisotopic (exact) mass is 480 g/mol. The first-order valence-corrected chi connectivity index (χ1v) is 10.9. The predicted octanol–water partition coefficient (Wildman–Crippen LogP) is 5.47. The van der Waals surface area contributed by atoms with Gasteiger partial charge in [-0.15, -0.1) is 0 Å². The lowest BCUT2D eigenvalue weighted by molar-refractivity contribution is -0.123. The Morgan fingerprint density at radius 2 is 1.82 bits per heavy atom. The van der Waals surface area contributed by atoms with Gasteiger partial charge in [-0.3, -0.25) is 9.69 Å². The van der Waals surface area contributed by atoms with Gasteiger partial charge in [0.2, 0.25) is 0 Å². The summed E-state index contributed by atoms with van der Waals surface area (Å²) in [5.41, 5.74) is 2.95. The van der Waals surface area contributed by atoms with E-state index < -0.39 is 17.8 Å². The van der Waals surface area contributed by atoms with Gasteiger partial charge in [0.15, 0.2) is 11.5 Å². The number of urea groups is 1. The van der Waals surface area contributed by atoms with Crippen molar-refractivity contribution in [1.29, 1.82) is 0 Å². The molecule has 3 aromatic carbocycles. The summed E-state index contributed by atoms with van der Waals surface area (Å²) in [6.45, 7) is 2.13. The van der Waals surface area contributed by atoms with E-state index in [1.54, 1.807) is 24.3 Å². The third-order valence-electron chi connectivity index (χ3n) is 5.32. The van der Waals surface area contributed by atoms with Crippen molar-refractivity contribution in [3.05, 3.63) is 99.5 Å². The number of hydrogen-bond donors (Lipinski definition) is 1. The molecule has 0 aromatic heterocycles. The quantitative estimate of drug-likeness (QED) is 0.360. The first-order valence-electron chi connectivity index (χ1n) is 10.5. The van der Waals surface area contributed by atoms with E-state index in [-0.39, 0.29) is 17.8 Å². The van der Waals surface area contributed by atoms with Crippen molar-refractivity contribution < 1.29 is 23.5 Å². The number of imide groups is 1. The number of halogens is 2. The lowest BCUT2D eigenvalue weighted by Gasteiger charge is -2.14. The molecule has 4 rings (SSSR count). The van der Waals surface area contributed by atoms with Crippen molar-refractivity contribution in [2.24, 2.45) is 0 Å². The molecule has 1 heterocycles. The van der Waals surface area contributed by atoms with E-state index in [0.29, 0.717) is 28.7 Å². The first kappa shape index (κ1) is 23.3. The molecule has 0 aliphatic carbocycles. The van der Waals surface area contributed by atoms with Crippen LogP contribution in [0, 0.1) is 12.7 Å². The fourth-order valence-electron chi connectivity index (χ4n) is 3.48. The summed E-state index contributed by atoms with van der Waals surface area (Å²) in [6.07, 6.45) is 1.49. The average Bonchev–Trinajstić information content (AvgIpc) is 3.07. The van der Waals surface area contributed by atoms with Crippen LogP contribution in [0.4, 0.5) is 9.18 Å². The van der Waals surface area contributed by atoms with Gasteiger partial charge in [0.05, 0.1) is 18.7 Å². The first-order chi connectivity index (χ1) is 16.4. The second-order valence-corrected chi connectivity index (χ2v) is 8.19. The van der Waals surface area contributed by atoms with Crippen LogP contribution in [0.5, 0.6) is 11.5 Å². The van der Waals surface area contributed by atoms with Crippen LogP contribution in [-0.2, 0) is 17.9 Å². The van der Waals surface area contributed by atoms with Crippen LogP contribution in [0.3, 0.4) is 0 Å². The summed E-state index contributed by atoms with van der Waals surface area (Å²) in [4.78, 5) is 26.1. The summed E-state index contributed by atoms with van der Waals surface area (Å²) >= 11 is 6.45. The second-order valence-electron chi connectivity index (χ2n) is 7.78. The van der Waals surface area contributed by atoms with Gasteiger partial charge in [-0.1, -0.05) is 59.6 Å². The van der Waals surface area contributed by atoms with Crippen LogP contribution in [0.25, 0.3) is 6.08 Å². The van der Waals surface area contributed by atoms with E-state index in [1.165, 1.54) is 25.3 Å². The van der Waals surface area contributed by atoms with E-state index in [2.05, 4.69) is 5.32 Å². The highest BCUT2D eigenvalue weighted by molar-refractivity contribution is 6.32. The summed E-state index contributed by atoms with van der Waals surface area (Å²) < 4.78 is 25.3. The minimum Gasteiger partial charge on any atom is -0.493 e. The molecule has 0 spiro atoms. The highest BCUT2D eigenvalue weighted by atomic mass is 35.5. The summed E-state index contributed by atoms with van der Waals surface area (Å²) in [5, 5.41) is 2.82. The highest BCUT2D eigenvalue weighted by Crippen LogP contribution is 2.37. The molecule has 0 unspecified atom stereocenters. The molecule has 1 N–H and O–H groups in total. The number of benzene rings is 3. The zero-order valence-electron chi connectivity index (χ0n) is 18.6. The maximum Gasteiger partial charge on any atom is 0.329 e. The van der Waals surface area contributed by atoms with Gasteiger partial charge >= 0.3 is 6.03 Å². The average molecular weight is 481 g/mol. The van der Waals surface area contributed by atoms with Crippen LogP contribution in [0.2, 0.25) is 5.02 Å². The Hall–Kier alpha value is -3.84. The maximum atomic E-state index is 14.0. The van der Waals surface area contributed by atoms with Crippen LogP contribution < -0.4 is 14.8 Å². The number of ether oxygens (including phenoxy) is 2. The minimum absolute atomic E-state index is 0.0489. The topological polar surface area (TPSA) is 67.9 Å². The van der Waals surface area contributed by atoms with Crippen molar-refractivity contribution >= 4 is 29.6 Å². The Morgan fingerprint density at radius 1 is 1.09 bits per heavy atom. The maximum absolute atomic E-state index is 14.0. The molecule has 8 heteroatoms. The van der Waals surface area contributed by atoms with Gasteiger partial charge in [0.25, 0.3) is 5.91 Å². The lowest BCUT2D eigenvalue weighted by Crippen LogP contribution is -2.30. The van der Waals surface area contributed by atoms with Crippen molar-refractivity contribution in [1.82, 2.24) is 10.2 Å². The van der Waals surface area contributed by atoms with E-state index in [0.717, 1.165) is 16.0 Å². The summed E-state index contributed by atoms with van der Waals surface area (Å²) in [5.74, 6) is -0.303. The van der Waals surface area contributed by atoms with Crippen molar-refractivity contribution in [2.75, 3.05) is 7.11 Å². The Balaban J connectivity index is 1.53. The van der Waals surface area contributed by atoms with Crippen LogP contribution in [0.1, 0.15) is 22.3 Å². The smallest absolute Gasteiger partial charge is 0.329 e. The molecule has 1 aliphatic rings. The molecule has 0 radical (unpaired) electrons. The van der Waals surface area contributed by atoms with Crippen LogP contribution in [0.15, 0.2) is 66.4 Å². The number of carbonyl (C=O) groups is 2. The fraction of sp³-hybridized carbons (Fsp3) is 0.154. The van der Waals surface area contributed by atoms with Gasteiger partial charge in [-0.2, -0.15) is 0 Å². The normalized spacial score (nSPS) is 14.5. The molecule has 1 fully saturated rings. The van der Waals surface area contributed by atoms with Gasteiger partial charge in [-0.25, -0.2) is 9.18 Å². The molecule has 0 atom stereocenters. The highest BCUT2D eigenvalue weighted by Gasteiger charge is 2.34. The third kappa shape index (κ3) is 5.05. The number of nitrogens with one attached hydrogen (secondary N) is 1. The molecule has 0 saturated carbocycles. The van der Waals surface area contributed by atoms with Crippen molar-refractivity contribution in [2.45, 2.75) is 20.1 Å². The molecule has 1 aliphatic heterocycles. The Bertz CT molecular complexity index is 1270. The molecule has 34 heavy (non-hydrogen) atoms. The van der Waals surface area contributed by atoms with Crippen molar-refractivity contribution in [3.63, 3.8) is 0 Å². The Labute approximate surface area is 201 Å². The molecule has 3 aromatic rings. The fourth-order valence-corrected chi connectivity index (χ4v) is 3.76. The number of hydrogen-bond acceptors (Lipinski definition) is 4. The predicted molar refractivity (Wildman–Crippen MR) is 127 cm³/mol. The van der Waals surface area contributed by atoms with Gasteiger partial charge in [-0.05, 0) is 42.3 Å². The van der Waals surface area contributed by atoms with Crippen LogP contribution >= 0.6 is 11.6 Å². The largest absolute Gasteiger partial charge is 0.493 e. The molecule has 6 nitrogen and oxygen atoms in total. The van der Waals surface area contributed by atoms with Gasteiger partial charge in [0, 0.05) is 5.56 Å². The summed E-state index contributed by atoms with van der Waals surface area (Å²) in [7, 11) is 1.49. The number of rotatable bonds is 7. The third-order valence-corrected chi connectivity index (χ3v) is 5.60. The van der Waals surface area contributed by atoms with E-state index in [1.807, 2.05) is 31.2 Å². The molecule has 3 amide bonds. The number of methoxy groups -OCH3 is 1. The summed E-state index contributed by atoms with van der Waals surface area (Å²) in [6, 6.07) is 16.6. The number of aryl methyl sites for hydroxylation is 1. The molecular weight excluding hydrogens is 459 g/mol. The van der Waals surface area contributed by atoms with Gasteiger partial charge < -0.3 is 14.8 Å². The van der Waals surface area contributed by atoms with E-state index >= 15 is 0 Å². The van der Waals surface area contributed by atoms with Crippen molar-refractivity contribution in [3.8, 4) is 11.5 Å².